The van der Waals surface area contributed by atoms with Gasteiger partial charge in [0.15, 0.2) is 12.1 Å². The van der Waals surface area contributed by atoms with Gasteiger partial charge in [-0.3, -0.25) is 4.79 Å². The number of rotatable bonds is 6. The maximum atomic E-state index is 11.6. The predicted molar refractivity (Wildman–Crippen MR) is 113 cm³/mol. The first-order valence-corrected chi connectivity index (χ1v) is 10.5. The molecule has 0 radical (unpaired) electrons. The Bertz CT molecular complexity index is 753. The Morgan fingerprint density at radius 2 is 2.18 bits per heavy atom. The van der Waals surface area contributed by atoms with E-state index >= 15 is 0 Å². The van der Waals surface area contributed by atoms with E-state index in [0.29, 0.717) is 22.0 Å². The van der Waals surface area contributed by atoms with Crippen molar-refractivity contribution in [3.63, 3.8) is 0 Å². The number of ether oxygens (including phenoxy) is 2. The maximum Gasteiger partial charge on any atom is 0.185 e. The van der Waals surface area contributed by atoms with Gasteiger partial charge in [-0.25, -0.2) is 4.99 Å². The molecule has 3 rings (SSSR count). The molecule has 0 aliphatic carbocycles. The number of hydrogen-bond acceptors (Lipinski definition) is 6. The van der Waals surface area contributed by atoms with Crippen LogP contribution >= 0.6 is 23.4 Å². The van der Waals surface area contributed by atoms with Crippen molar-refractivity contribution in [3.8, 4) is 5.75 Å². The molecule has 1 N–H and O–H groups in total. The van der Waals surface area contributed by atoms with Crippen molar-refractivity contribution in [1.82, 2.24) is 10.2 Å². The molecule has 2 fully saturated rings. The summed E-state index contributed by atoms with van der Waals surface area (Å²) in [5.74, 6) is 1.08. The van der Waals surface area contributed by atoms with E-state index in [-0.39, 0.29) is 0 Å². The molecule has 0 aromatic heterocycles. The number of thioether (sulfide) groups is 1. The fourth-order valence-electron chi connectivity index (χ4n) is 3.55. The molecule has 0 amide bonds. The summed E-state index contributed by atoms with van der Waals surface area (Å²) < 4.78 is 10.8. The first-order chi connectivity index (χ1) is 13.6. The number of halogens is 1. The number of methoxy groups -OCH3 is 1. The number of likely N-dealkylation sites (tertiary alicyclic amines) is 1. The molecule has 0 saturated carbocycles. The van der Waals surface area contributed by atoms with E-state index in [0.717, 1.165) is 61.8 Å². The van der Waals surface area contributed by atoms with E-state index < -0.39 is 0 Å². The van der Waals surface area contributed by atoms with Crippen LogP contribution in [0.5, 0.6) is 5.75 Å². The number of benzene rings is 1. The summed E-state index contributed by atoms with van der Waals surface area (Å²) >= 11 is 7.81. The summed E-state index contributed by atoms with van der Waals surface area (Å²) in [6.07, 6.45) is 5.70. The van der Waals surface area contributed by atoms with E-state index in [1.165, 1.54) is 11.8 Å². The minimum atomic E-state index is 0.301. The van der Waals surface area contributed by atoms with E-state index in [4.69, 9.17) is 21.1 Å². The molecule has 0 atom stereocenters. The van der Waals surface area contributed by atoms with Crippen molar-refractivity contribution in [1.29, 1.82) is 0 Å². The Labute approximate surface area is 175 Å². The fourth-order valence-corrected chi connectivity index (χ4v) is 4.65. The van der Waals surface area contributed by atoms with Gasteiger partial charge in [-0.1, -0.05) is 29.4 Å². The summed E-state index contributed by atoms with van der Waals surface area (Å²) in [7, 11) is 3.40. The third-order valence-electron chi connectivity index (χ3n) is 5.37. The van der Waals surface area contributed by atoms with Crippen LogP contribution < -0.4 is 10.1 Å². The van der Waals surface area contributed by atoms with Gasteiger partial charge in [0.1, 0.15) is 5.75 Å². The molecule has 2 heterocycles. The highest BCUT2D eigenvalue weighted by Gasteiger charge is 2.38. The van der Waals surface area contributed by atoms with Gasteiger partial charge in [-0.05, 0) is 36.8 Å². The van der Waals surface area contributed by atoms with Crippen LogP contribution in [0.4, 0.5) is 0 Å². The van der Waals surface area contributed by atoms with Gasteiger partial charge in [-0.2, -0.15) is 0 Å². The number of piperidine rings is 1. The standard InChI is InChI=1S/C20H26ClN3O3S/c1-22-18(28-16-5-3-4-15(26-2)19(16)21)12-23-17(13-25)24-9-6-20(7-10-24)8-11-27-14-20/h3-5,12-13,22H,6-11,14H2,1-2H3/b18-12+,23-17?. The highest BCUT2D eigenvalue weighted by atomic mass is 35.5. The average Bonchev–Trinajstić information content (AvgIpc) is 3.18. The van der Waals surface area contributed by atoms with Gasteiger partial charge < -0.3 is 19.7 Å². The van der Waals surface area contributed by atoms with E-state index in [9.17, 15) is 4.79 Å². The number of nitrogens with zero attached hydrogens (tertiary/aromatic N) is 2. The minimum absolute atomic E-state index is 0.301. The average molecular weight is 424 g/mol. The van der Waals surface area contributed by atoms with E-state index in [1.54, 1.807) is 13.3 Å². The van der Waals surface area contributed by atoms with E-state index in [1.807, 2.05) is 25.2 Å². The van der Waals surface area contributed by atoms with Crippen LogP contribution in [0, 0.1) is 5.41 Å². The fraction of sp³-hybridized carbons (Fsp3) is 0.500. The Hall–Kier alpha value is -1.70. The number of carbonyl (C=O) groups excluding carboxylic acids is 1. The lowest BCUT2D eigenvalue weighted by Crippen LogP contribution is -2.44. The molecular weight excluding hydrogens is 398 g/mol. The van der Waals surface area contributed by atoms with Crippen molar-refractivity contribution in [2.75, 3.05) is 40.5 Å². The van der Waals surface area contributed by atoms with Crippen molar-refractivity contribution >= 4 is 35.5 Å². The first kappa shape index (κ1) is 21.0. The van der Waals surface area contributed by atoms with Gasteiger partial charge in [0, 0.05) is 31.6 Å². The molecule has 0 unspecified atom stereocenters. The van der Waals surface area contributed by atoms with Gasteiger partial charge in [0.25, 0.3) is 0 Å². The zero-order valence-corrected chi connectivity index (χ0v) is 17.8. The minimum Gasteiger partial charge on any atom is -0.495 e. The van der Waals surface area contributed by atoms with Crippen LogP contribution in [-0.2, 0) is 9.53 Å². The van der Waals surface area contributed by atoms with Crippen LogP contribution in [-0.4, -0.2) is 57.5 Å². The lowest BCUT2D eigenvalue weighted by Gasteiger charge is -2.38. The second kappa shape index (κ2) is 9.67. The van der Waals surface area contributed by atoms with Gasteiger partial charge in [-0.15, -0.1) is 0 Å². The molecule has 2 saturated heterocycles. The molecule has 8 heteroatoms. The summed E-state index contributed by atoms with van der Waals surface area (Å²) in [4.78, 5) is 19.0. The van der Waals surface area contributed by atoms with E-state index in [2.05, 4.69) is 15.2 Å². The quantitative estimate of drug-likeness (QED) is 0.326. The maximum absolute atomic E-state index is 11.6. The number of aliphatic imine (C=N–C) groups is 1. The van der Waals surface area contributed by atoms with Crippen LogP contribution in [0.1, 0.15) is 19.3 Å². The normalized spacial score (nSPS) is 19.8. The zero-order valence-electron chi connectivity index (χ0n) is 16.2. The summed E-state index contributed by atoms with van der Waals surface area (Å²) in [5, 5.41) is 4.44. The number of aldehydes is 1. The highest BCUT2D eigenvalue weighted by Crippen LogP contribution is 2.39. The monoisotopic (exact) mass is 423 g/mol. The number of amidine groups is 1. The Morgan fingerprint density at radius 3 is 2.79 bits per heavy atom. The number of hydrogen-bond donors (Lipinski definition) is 1. The third kappa shape index (κ3) is 4.82. The topological polar surface area (TPSA) is 63.2 Å². The van der Waals surface area contributed by atoms with Crippen LogP contribution in [0.25, 0.3) is 0 Å². The molecule has 0 bridgehead atoms. The second-order valence-electron chi connectivity index (χ2n) is 7.01. The van der Waals surface area contributed by atoms with Gasteiger partial charge >= 0.3 is 0 Å². The Morgan fingerprint density at radius 1 is 1.39 bits per heavy atom. The second-order valence-corrected chi connectivity index (χ2v) is 8.47. The zero-order chi connectivity index (χ0) is 20.0. The lowest BCUT2D eigenvalue weighted by atomic mass is 9.78. The van der Waals surface area contributed by atoms with Crippen molar-refractivity contribution in [3.05, 3.63) is 34.5 Å². The molecule has 2 aliphatic rings. The molecule has 6 nitrogen and oxygen atoms in total. The van der Waals surface area contributed by atoms with Gasteiger partial charge in [0.2, 0.25) is 0 Å². The van der Waals surface area contributed by atoms with Gasteiger partial charge in [0.05, 0.1) is 30.0 Å². The molecule has 1 aromatic carbocycles. The van der Waals surface area contributed by atoms with Crippen molar-refractivity contribution in [2.45, 2.75) is 24.2 Å². The summed E-state index contributed by atoms with van der Waals surface area (Å²) in [6, 6.07) is 5.62. The van der Waals surface area contributed by atoms with Crippen LogP contribution in [0.2, 0.25) is 5.02 Å². The van der Waals surface area contributed by atoms with Crippen molar-refractivity contribution < 1.29 is 14.3 Å². The molecule has 1 spiro atoms. The lowest BCUT2D eigenvalue weighted by molar-refractivity contribution is -0.103. The third-order valence-corrected chi connectivity index (χ3v) is 6.96. The summed E-state index contributed by atoms with van der Waals surface area (Å²) in [5.41, 5.74) is 0.301. The molecular formula is C20H26ClN3O3S. The molecule has 152 valence electrons. The SMILES string of the molecule is CN/C(=C\N=C(C=O)N1CCC2(CCOC2)CC1)Sc1cccc(OC)c1Cl. The van der Waals surface area contributed by atoms with Crippen molar-refractivity contribution in [2.24, 2.45) is 10.4 Å². The van der Waals surface area contributed by atoms with Crippen LogP contribution in [0.3, 0.4) is 0 Å². The first-order valence-electron chi connectivity index (χ1n) is 9.35. The number of carbonyl (C=O) groups is 1. The number of nitrogens with one attached hydrogen (secondary N) is 1. The largest absolute Gasteiger partial charge is 0.495 e. The highest BCUT2D eigenvalue weighted by molar-refractivity contribution is 8.03. The predicted octanol–water partition coefficient (Wildman–Crippen LogP) is 3.56. The Kier molecular flexibility index (Phi) is 7.26. The van der Waals surface area contributed by atoms with Crippen LogP contribution in [0.15, 0.2) is 39.3 Å². The Balaban J connectivity index is 1.69. The molecule has 28 heavy (non-hydrogen) atoms. The summed E-state index contributed by atoms with van der Waals surface area (Å²) in [6.45, 7) is 3.36. The molecule has 2 aliphatic heterocycles. The smallest absolute Gasteiger partial charge is 0.185 e. The molecule has 1 aromatic rings.